The second-order valence-corrected chi connectivity index (χ2v) is 9.84. The molecule has 3 aromatic rings. The molecule has 0 atom stereocenters. The summed E-state index contributed by atoms with van der Waals surface area (Å²) in [5.41, 5.74) is 2.39. The second-order valence-electron chi connectivity index (χ2n) is 7.84. The summed E-state index contributed by atoms with van der Waals surface area (Å²) < 4.78 is 32.1. The predicted molar refractivity (Wildman–Crippen MR) is 131 cm³/mol. The normalized spacial score (nSPS) is 11.4. The van der Waals surface area contributed by atoms with Crippen molar-refractivity contribution in [2.45, 2.75) is 31.4 Å². The van der Waals surface area contributed by atoms with Crippen LogP contribution in [0.3, 0.4) is 0 Å². The van der Waals surface area contributed by atoms with Crippen LogP contribution in [-0.4, -0.2) is 38.3 Å². The molecule has 0 spiro atoms. The summed E-state index contributed by atoms with van der Waals surface area (Å²) >= 11 is 0. The van der Waals surface area contributed by atoms with Gasteiger partial charge in [0.1, 0.15) is 12.4 Å². The van der Waals surface area contributed by atoms with Crippen LogP contribution in [0.1, 0.15) is 19.4 Å². The quantitative estimate of drug-likeness (QED) is 0.463. The molecule has 0 aliphatic heterocycles. The molecule has 3 aromatic carbocycles. The Morgan fingerprint density at radius 3 is 2.12 bits per heavy atom. The summed E-state index contributed by atoms with van der Waals surface area (Å²) in [5, 5.41) is 5.82. The summed E-state index contributed by atoms with van der Waals surface area (Å²) in [7, 11) is -1.98. The first-order chi connectivity index (χ1) is 15.8. The van der Waals surface area contributed by atoms with Crippen LogP contribution >= 0.6 is 0 Å². The number of sulfonamides is 1. The number of nitrogens with zero attached hydrogens (tertiary/aromatic N) is 1. The lowest BCUT2D eigenvalue weighted by Crippen LogP contribution is -2.33. The van der Waals surface area contributed by atoms with E-state index in [4.69, 9.17) is 4.74 Å². The van der Waals surface area contributed by atoms with Crippen molar-refractivity contribution in [3.63, 3.8) is 0 Å². The highest BCUT2D eigenvalue weighted by Gasteiger charge is 2.22. The van der Waals surface area contributed by atoms with Gasteiger partial charge in [0.2, 0.25) is 15.9 Å². The van der Waals surface area contributed by atoms with Crippen molar-refractivity contribution in [2.24, 2.45) is 0 Å². The Bertz CT molecular complexity index is 1150. The van der Waals surface area contributed by atoms with E-state index in [2.05, 4.69) is 10.6 Å². The Hall–Kier alpha value is -3.36. The van der Waals surface area contributed by atoms with E-state index < -0.39 is 10.0 Å². The van der Waals surface area contributed by atoms with Crippen molar-refractivity contribution >= 4 is 27.3 Å². The third-order valence-corrected chi connectivity index (χ3v) is 7.15. The highest BCUT2D eigenvalue weighted by Crippen LogP contribution is 2.20. The fourth-order valence-electron chi connectivity index (χ4n) is 2.95. The van der Waals surface area contributed by atoms with Gasteiger partial charge in [0.05, 0.1) is 11.4 Å². The lowest BCUT2D eigenvalue weighted by Gasteiger charge is -2.21. The minimum atomic E-state index is -3.53. The van der Waals surface area contributed by atoms with Crippen molar-refractivity contribution in [3.8, 4) is 5.75 Å². The zero-order valence-electron chi connectivity index (χ0n) is 19.0. The number of nitrogens with one attached hydrogen (secondary N) is 2. The van der Waals surface area contributed by atoms with Gasteiger partial charge in [-0.1, -0.05) is 30.3 Å². The maximum atomic E-state index is 12.5. The highest BCUT2D eigenvalue weighted by atomic mass is 32.2. The fraction of sp³-hybridized carbons (Fsp3) is 0.240. The number of hydrogen-bond donors (Lipinski definition) is 2. The average Bonchev–Trinajstić information content (AvgIpc) is 2.82. The van der Waals surface area contributed by atoms with Crippen LogP contribution in [0, 0.1) is 0 Å². The zero-order chi connectivity index (χ0) is 23.8. The largest absolute Gasteiger partial charge is 0.489 e. The van der Waals surface area contributed by atoms with E-state index in [9.17, 15) is 13.2 Å². The third-order valence-electron chi connectivity index (χ3n) is 5.10. The molecule has 0 heterocycles. The third kappa shape index (κ3) is 6.81. The van der Waals surface area contributed by atoms with Gasteiger partial charge in [0, 0.05) is 24.5 Å². The molecule has 8 heteroatoms. The van der Waals surface area contributed by atoms with Crippen LogP contribution in [0.2, 0.25) is 0 Å². The molecule has 33 heavy (non-hydrogen) atoms. The lowest BCUT2D eigenvalue weighted by atomic mass is 10.2. The van der Waals surface area contributed by atoms with Crippen LogP contribution in [0.5, 0.6) is 5.75 Å². The number of anilines is 2. The molecule has 3 rings (SSSR count). The molecule has 7 nitrogen and oxygen atoms in total. The fourth-order valence-corrected chi connectivity index (χ4v) is 4.32. The van der Waals surface area contributed by atoms with Gasteiger partial charge in [0.15, 0.2) is 0 Å². The minimum absolute atomic E-state index is 0.0459. The second kappa shape index (κ2) is 11.0. The lowest BCUT2D eigenvalue weighted by molar-refractivity contribution is -0.114. The van der Waals surface area contributed by atoms with Crippen molar-refractivity contribution in [3.05, 3.63) is 84.4 Å². The molecule has 174 valence electrons. The molecule has 0 saturated heterocycles. The van der Waals surface area contributed by atoms with E-state index in [-0.39, 0.29) is 23.4 Å². The van der Waals surface area contributed by atoms with Gasteiger partial charge in [-0.05, 0) is 67.9 Å². The SMILES string of the molecule is CC(C)N(C)S(=O)(=O)c1ccc(NCC(=O)Nc2ccc(OCc3ccccc3)cc2)cc1. The number of benzene rings is 3. The Kier molecular flexibility index (Phi) is 8.08. The smallest absolute Gasteiger partial charge is 0.243 e. The number of amides is 1. The Morgan fingerprint density at radius 2 is 1.52 bits per heavy atom. The number of hydrogen-bond acceptors (Lipinski definition) is 5. The van der Waals surface area contributed by atoms with Gasteiger partial charge >= 0.3 is 0 Å². The van der Waals surface area contributed by atoms with Crippen molar-refractivity contribution < 1.29 is 17.9 Å². The van der Waals surface area contributed by atoms with Crippen LogP contribution in [-0.2, 0) is 21.4 Å². The first-order valence-electron chi connectivity index (χ1n) is 10.6. The van der Waals surface area contributed by atoms with E-state index >= 15 is 0 Å². The Morgan fingerprint density at radius 1 is 0.909 bits per heavy atom. The molecule has 0 aliphatic carbocycles. The Balaban J connectivity index is 1.48. The number of ether oxygens (including phenoxy) is 1. The first kappa shape index (κ1) is 24.3. The summed E-state index contributed by atoms with van der Waals surface area (Å²) in [5.74, 6) is 0.498. The highest BCUT2D eigenvalue weighted by molar-refractivity contribution is 7.89. The van der Waals surface area contributed by atoms with Crippen molar-refractivity contribution in [1.82, 2.24) is 4.31 Å². The summed E-state index contributed by atoms with van der Waals surface area (Å²) in [6, 6.07) is 23.3. The van der Waals surface area contributed by atoms with E-state index in [1.54, 1.807) is 43.4 Å². The molecule has 0 aromatic heterocycles. The monoisotopic (exact) mass is 467 g/mol. The van der Waals surface area contributed by atoms with Gasteiger partial charge in [0.25, 0.3) is 0 Å². The molecular formula is C25H29N3O4S. The molecule has 1 amide bonds. The zero-order valence-corrected chi connectivity index (χ0v) is 19.8. The molecule has 0 unspecified atom stereocenters. The topological polar surface area (TPSA) is 87.7 Å². The standard InChI is InChI=1S/C25H29N3O4S/c1-19(2)28(3)33(30,31)24-15-11-21(12-16-24)26-17-25(29)27-22-9-13-23(14-10-22)32-18-20-7-5-4-6-8-20/h4-16,19,26H,17-18H2,1-3H3,(H,27,29). The summed E-state index contributed by atoms with van der Waals surface area (Å²) in [4.78, 5) is 12.5. The summed E-state index contributed by atoms with van der Waals surface area (Å²) in [6.45, 7) is 4.16. The van der Waals surface area contributed by atoms with Crippen molar-refractivity contribution in [1.29, 1.82) is 0 Å². The van der Waals surface area contributed by atoms with E-state index in [1.165, 1.54) is 16.4 Å². The summed E-state index contributed by atoms with van der Waals surface area (Å²) in [6.07, 6.45) is 0. The number of carbonyl (C=O) groups excluding carboxylic acids is 1. The minimum Gasteiger partial charge on any atom is -0.489 e. The molecule has 0 aliphatic rings. The van der Waals surface area contributed by atoms with Gasteiger partial charge in [-0.25, -0.2) is 8.42 Å². The molecule has 2 N–H and O–H groups in total. The van der Waals surface area contributed by atoms with Crippen LogP contribution in [0.25, 0.3) is 0 Å². The van der Waals surface area contributed by atoms with E-state index in [0.29, 0.717) is 23.7 Å². The van der Waals surface area contributed by atoms with Crippen molar-refractivity contribution in [2.75, 3.05) is 24.2 Å². The Labute approximate surface area is 195 Å². The molecule has 0 radical (unpaired) electrons. The van der Waals surface area contributed by atoms with Crippen LogP contribution in [0.15, 0.2) is 83.8 Å². The van der Waals surface area contributed by atoms with Crippen LogP contribution in [0.4, 0.5) is 11.4 Å². The maximum absolute atomic E-state index is 12.5. The van der Waals surface area contributed by atoms with E-state index in [0.717, 1.165) is 5.56 Å². The first-order valence-corrected chi connectivity index (χ1v) is 12.1. The van der Waals surface area contributed by atoms with Gasteiger partial charge < -0.3 is 15.4 Å². The average molecular weight is 468 g/mol. The molecule has 0 saturated carbocycles. The number of carbonyl (C=O) groups is 1. The molecule has 0 fully saturated rings. The predicted octanol–water partition coefficient (Wildman–Crippen LogP) is 4.35. The van der Waals surface area contributed by atoms with E-state index in [1.807, 2.05) is 44.2 Å². The molecule has 0 bridgehead atoms. The number of rotatable bonds is 10. The molecular weight excluding hydrogens is 438 g/mol. The maximum Gasteiger partial charge on any atom is 0.243 e. The van der Waals surface area contributed by atoms with Gasteiger partial charge in [-0.3, -0.25) is 4.79 Å². The van der Waals surface area contributed by atoms with Gasteiger partial charge in [-0.15, -0.1) is 0 Å². The van der Waals surface area contributed by atoms with Crippen LogP contribution < -0.4 is 15.4 Å². The van der Waals surface area contributed by atoms with Gasteiger partial charge in [-0.2, -0.15) is 4.31 Å².